The van der Waals surface area contributed by atoms with Crippen molar-refractivity contribution in [1.82, 2.24) is 9.97 Å². The molecule has 1 aromatic heterocycles. The monoisotopic (exact) mass is 253 g/mol. The number of hydrogen-bond donors (Lipinski definition) is 1. The number of rotatable bonds is 5. The van der Waals surface area contributed by atoms with E-state index in [0.29, 0.717) is 0 Å². The minimum Gasteiger partial charge on any atom is -0.368 e. The SMILES string of the molecule is CCCNc1nccnc1-c1ccc(C2CC2)cc1. The van der Waals surface area contributed by atoms with Gasteiger partial charge in [0.1, 0.15) is 5.69 Å². The van der Waals surface area contributed by atoms with Gasteiger partial charge >= 0.3 is 0 Å². The second-order valence-electron chi connectivity index (χ2n) is 5.08. The molecular weight excluding hydrogens is 234 g/mol. The van der Waals surface area contributed by atoms with E-state index in [9.17, 15) is 0 Å². The molecule has 0 aliphatic heterocycles. The van der Waals surface area contributed by atoms with E-state index in [4.69, 9.17) is 0 Å². The van der Waals surface area contributed by atoms with Gasteiger partial charge in [-0.2, -0.15) is 0 Å². The molecule has 0 bridgehead atoms. The van der Waals surface area contributed by atoms with Gasteiger partial charge in [-0.25, -0.2) is 4.98 Å². The Bertz CT molecular complexity index is 544. The molecule has 2 aromatic rings. The Morgan fingerprint density at radius 2 is 1.84 bits per heavy atom. The number of hydrogen-bond acceptors (Lipinski definition) is 3. The third-order valence-electron chi connectivity index (χ3n) is 3.47. The second kappa shape index (κ2) is 5.39. The van der Waals surface area contributed by atoms with Crippen LogP contribution in [-0.2, 0) is 0 Å². The summed E-state index contributed by atoms with van der Waals surface area (Å²) in [5.74, 6) is 1.68. The Kier molecular flexibility index (Phi) is 3.45. The summed E-state index contributed by atoms with van der Waals surface area (Å²) < 4.78 is 0. The zero-order valence-electron chi connectivity index (χ0n) is 11.3. The average Bonchev–Trinajstić information content (AvgIpc) is 3.30. The minimum absolute atomic E-state index is 0.800. The molecule has 98 valence electrons. The summed E-state index contributed by atoms with van der Waals surface area (Å²) in [6.45, 7) is 3.07. The van der Waals surface area contributed by atoms with E-state index in [-0.39, 0.29) is 0 Å². The molecule has 3 nitrogen and oxygen atoms in total. The maximum absolute atomic E-state index is 4.47. The van der Waals surface area contributed by atoms with Crippen LogP contribution in [0.25, 0.3) is 11.3 Å². The fraction of sp³-hybridized carbons (Fsp3) is 0.375. The summed E-state index contributed by atoms with van der Waals surface area (Å²) in [5, 5.41) is 3.34. The molecule has 1 aliphatic carbocycles. The quantitative estimate of drug-likeness (QED) is 0.879. The number of nitrogens with zero attached hydrogens (tertiary/aromatic N) is 2. The molecule has 0 radical (unpaired) electrons. The van der Waals surface area contributed by atoms with Crippen LogP contribution in [0.15, 0.2) is 36.7 Å². The molecule has 1 heterocycles. The number of benzene rings is 1. The Hall–Kier alpha value is -1.90. The predicted octanol–water partition coefficient (Wildman–Crippen LogP) is 3.84. The van der Waals surface area contributed by atoms with Gasteiger partial charge in [-0.05, 0) is 30.7 Å². The van der Waals surface area contributed by atoms with E-state index in [1.807, 2.05) is 0 Å². The summed E-state index contributed by atoms with van der Waals surface area (Å²) in [6, 6.07) is 8.78. The Balaban J connectivity index is 1.87. The molecule has 1 saturated carbocycles. The lowest BCUT2D eigenvalue weighted by Crippen LogP contribution is -2.04. The van der Waals surface area contributed by atoms with Crippen molar-refractivity contribution in [2.24, 2.45) is 0 Å². The maximum Gasteiger partial charge on any atom is 0.152 e. The molecule has 0 atom stereocenters. The van der Waals surface area contributed by atoms with E-state index in [2.05, 4.69) is 46.5 Å². The lowest BCUT2D eigenvalue weighted by Gasteiger charge is -2.09. The molecule has 0 amide bonds. The average molecular weight is 253 g/mol. The van der Waals surface area contributed by atoms with E-state index in [1.54, 1.807) is 12.4 Å². The second-order valence-corrected chi connectivity index (χ2v) is 5.08. The summed E-state index contributed by atoms with van der Waals surface area (Å²) in [5.41, 5.74) is 3.53. The van der Waals surface area contributed by atoms with Gasteiger partial charge in [0, 0.05) is 24.5 Å². The summed E-state index contributed by atoms with van der Waals surface area (Å²) >= 11 is 0. The van der Waals surface area contributed by atoms with Crippen LogP contribution >= 0.6 is 0 Å². The smallest absolute Gasteiger partial charge is 0.152 e. The lowest BCUT2D eigenvalue weighted by atomic mass is 10.1. The first-order chi connectivity index (χ1) is 9.38. The number of aromatic nitrogens is 2. The van der Waals surface area contributed by atoms with Gasteiger partial charge in [0.2, 0.25) is 0 Å². The Labute approximate surface area is 114 Å². The van der Waals surface area contributed by atoms with E-state index in [1.165, 1.54) is 18.4 Å². The van der Waals surface area contributed by atoms with Gasteiger partial charge in [-0.1, -0.05) is 31.2 Å². The third-order valence-corrected chi connectivity index (χ3v) is 3.47. The molecule has 1 fully saturated rings. The zero-order valence-corrected chi connectivity index (χ0v) is 11.3. The molecule has 1 N–H and O–H groups in total. The molecular formula is C16H19N3. The topological polar surface area (TPSA) is 37.8 Å². The summed E-state index contributed by atoms with van der Waals surface area (Å²) in [7, 11) is 0. The van der Waals surface area contributed by atoms with Crippen molar-refractivity contribution in [1.29, 1.82) is 0 Å². The summed E-state index contributed by atoms with van der Waals surface area (Å²) in [4.78, 5) is 8.86. The Morgan fingerprint density at radius 3 is 2.53 bits per heavy atom. The first-order valence-corrected chi connectivity index (χ1v) is 7.03. The van der Waals surface area contributed by atoms with Gasteiger partial charge < -0.3 is 5.32 Å². The van der Waals surface area contributed by atoms with E-state index in [0.717, 1.165) is 36.0 Å². The van der Waals surface area contributed by atoms with Crippen molar-refractivity contribution in [3.63, 3.8) is 0 Å². The highest BCUT2D eigenvalue weighted by Crippen LogP contribution is 2.40. The molecule has 0 saturated heterocycles. The van der Waals surface area contributed by atoms with Gasteiger partial charge in [0.05, 0.1) is 0 Å². The normalized spacial score (nSPS) is 14.4. The highest BCUT2D eigenvalue weighted by atomic mass is 15.0. The molecule has 0 spiro atoms. The van der Waals surface area contributed by atoms with Crippen LogP contribution in [0.1, 0.15) is 37.7 Å². The first-order valence-electron chi connectivity index (χ1n) is 7.03. The van der Waals surface area contributed by atoms with Crippen molar-refractivity contribution in [2.75, 3.05) is 11.9 Å². The van der Waals surface area contributed by atoms with E-state index >= 15 is 0 Å². The minimum atomic E-state index is 0.800. The molecule has 1 aliphatic rings. The maximum atomic E-state index is 4.47. The highest BCUT2D eigenvalue weighted by Gasteiger charge is 2.23. The lowest BCUT2D eigenvalue weighted by molar-refractivity contribution is 0.966. The van der Waals surface area contributed by atoms with Crippen LogP contribution in [0.5, 0.6) is 0 Å². The molecule has 3 heteroatoms. The van der Waals surface area contributed by atoms with Crippen LogP contribution in [-0.4, -0.2) is 16.5 Å². The van der Waals surface area contributed by atoms with Crippen LogP contribution in [0.4, 0.5) is 5.82 Å². The fourth-order valence-electron chi connectivity index (χ4n) is 2.25. The predicted molar refractivity (Wildman–Crippen MR) is 78.2 cm³/mol. The van der Waals surface area contributed by atoms with Crippen molar-refractivity contribution < 1.29 is 0 Å². The fourth-order valence-corrected chi connectivity index (χ4v) is 2.25. The van der Waals surface area contributed by atoms with Gasteiger partial charge in [0.25, 0.3) is 0 Å². The van der Waals surface area contributed by atoms with Crippen molar-refractivity contribution in [2.45, 2.75) is 32.1 Å². The zero-order chi connectivity index (χ0) is 13.1. The van der Waals surface area contributed by atoms with Crippen LogP contribution in [0.3, 0.4) is 0 Å². The molecule has 0 unspecified atom stereocenters. The molecule has 19 heavy (non-hydrogen) atoms. The Morgan fingerprint density at radius 1 is 1.11 bits per heavy atom. The summed E-state index contributed by atoms with van der Waals surface area (Å²) in [6.07, 6.45) is 7.25. The van der Waals surface area contributed by atoms with Crippen molar-refractivity contribution >= 4 is 5.82 Å². The van der Waals surface area contributed by atoms with Gasteiger partial charge in [-0.3, -0.25) is 4.98 Å². The van der Waals surface area contributed by atoms with E-state index < -0.39 is 0 Å². The third kappa shape index (κ3) is 2.75. The standard InChI is InChI=1S/C16H19N3/c1-2-9-18-16-15(17-10-11-19-16)14-7-5-13(6-8-14)12-3-4-12/h5-8,10-12H,2-4,9H2,1H3,(H,18,19). The molecule has 3 rings (SSSR count). The van der Waals surface area contributed by atoms with Gasteiger partial charge in [-0.15, -0.1) is 0 Å². The largest absolute Gasteiger partial charge is 0.368 e. The van der Waals surface area contributed by atoms with Gasteiger partial charge in [0.15, 0.2) is 5.82 Å². The van der Waals surface area contributed by atoms with Crippen molar-refractivity contribution in [3.8, 4) is 11.3 Å². The highest BCUT2D eigenvalue weighted by molar-refractivity contribution is 5.71. The van der Waals surface area contributed by atoms with Crippen LogP contribution in [0, 0.1) is 0 Å². The van der Waals surface area contributed by atoms with Crippen LogP contribution < -0.4 is 5.32 Å². The molecule has 1 aromatic carbocycles. The van der Waals surface area contributed by atoms with Crippen molar-refractivity contribution in [3.05, 3.63) is 42.2 Å². The number of nitrogens with one attached hydrogen (secondary N) is 1. The van der Waals surface area contributed by atoms with Crippen LogP contribution in [0.2, 0.25) is 0 Å². The number of anilines is 1. The first kappa shape index (κ1) is 12.2.